The SMILES string of the molecule is CCOC(Cc1ccc(OC/C=C(\C)C#Cc2cc(OC(F)(F)F)cc(OC(F)(F)F)c2)cc1)C(=O)O. The smallest absolute Gasteiger partial charge is 0.490 e. The van der Waals surface area contributed by atoms with Gasteiger partial charge in [-0.2, -0.15) is 0 Å². The molecule has 2 aromatic rings. The van der Waals surface area contributed by atoms with Crippen LogP contribution >= 0.6 is 0 Å². The fraction of sp³-hybridized carbons (Fsp3) is 0.320. The van der Waals surface area contributed by atoms with E-state index in [-0.39, 0.29) is 25.2 Å². The van der Waals surface area contributed by atoms with E-state index in [1.54, 1.807) is 44.2 Å². The molecular weight excluding hydrogens is 510 g/mol. The number of hydrogen-bond donors (Lipinski definition) is 1. The molecule has 0 aliphatic carbocycles. The standard InChI is InChI=1S/C25H22F6O6/c1-3-34-22(23(32)33)14-17-6-8-19(9-7-17)35-11-10-16(2)4-5-18-12-20(36-24(26,27)28)15-21(13-18)37-25(29,30)31/h6-10,12-13,15,22H,3,11,14H2,1-2H3,(H,32,33)/b16-10+. The van der Waals surface area contributed by atoms with E-state index < -0.39 is 36.3 Å². The molecule has 0 radical (unpaired) electrons. The van der Waals surface area contributed by atoms with Gasteiger partial charge in [0.1, 0.15) is 23.9 Å². The third kappa shape index (κ3) is 11.6. The van der Waals surface area contributed by atoms with Crippen LogP contribution in [0.5, 0.6) is 17.2 Å². The fourth-order valence-electron chi connectivity index (χ4n) is 2.87. The highest BCUT2D eigenvalue weighted by Gasteiger charge is 2.33. The van der Waals surface area contributed by atoms with Crippen LogP contribution in [-0.4, -0.2) is 43.1 Å². The first-order valence-electron chi connectivity index (χ1n) is 10.7. The van der Waals surface area contributed by atoms with Crippen molar-refractivity contribution in [1.29, 1.82) is 0 Å². The van der Waals surface area contributed by atoms with Crippen LogP contribution < -0.4 is 14.2 Å². The predicted molar refractivity (Wildman–Crippen MR) is 119 cm³/mol. The summed E-state index contributed by atoms with van der Waals surface area (Å²) in [7, 11) is 0. The summed E-state index contributed by atoms with van der Waals surface area (Å²) in [6.45, 7) is 3.60. The minimum atomic E-state index is -5.12. The number of carboxylic acid groups (broad SMARTS) is 1. The van der Waals surface area contributed by atoms with Crippen molar-refractivity contribution in [2.45, 2.75) is 39.1 Å². The van der Waals surface area contributed by atoms with E-state index in [4.69, 9.17) is 14.6 Å². The average molecular weight is 532 g/mol. The molecular formula is C25H22F6O6. The van der Waals surface area contributed by atoms with Gasteiger partial charge < -0.3 is 24.1 Å². The maximum Gasteiger partial charge on any atom is 0.573 e. The molecule has 0 bridgehead atoms. The summed E-state index contributed by atoms with van der Waals surface area (Å²) >= 11 is 0. The second kappa shape index (κ2) is 12.9. The van der Waals surface area contributed by atoms with Crippen LogP contribution in [0.1, 0.15) is 25.0 Å². The van der Waals surface area contributed by atoms with E-state index in [1.807, 2.05) is 0 Å². The molecule has 1 N–H and O–H groups in total. The first kappa shape index (κ1) is 29.4. The van der Waals surface area contributed by atoms with Crippen LogP contribution in [0.25, 0.3) is 0 Å². The molecule has 0 aliphatic heterocycles. The minimum absolute atomic E-state index is 0.0657. The number of benzene rings is 2. The first-order valence-corrected chi connectivity index (χ1v) is 10.7. The van der Waals surface area contributed by atoms with Crippen LogP contribution in [0.4, 0.5) is 26.3 Å². The van der Waals surface area contributed by atoms with E-state index in [0.717, 1.165) is 17.7 Å². The fourth-order valence-corrected chi connectivity index (χ4v) is 2.87. The summed E-state index contributed by atoms with van der Waals surface area (Å²) in [5.74, 6) is 2.66. The Hall–Kier alpha value is -3.85. The van der Waals surface area contributed by atoms with Crippen molar-refractivity contribution in [3.63, 3.8) is 0 Å². The molecule has 0 amide bonds. The molecule has 6 nitrogen and oxygen atoms in total. The number of rotatable bonds is 10. The van der Waals surface area contributed by atoms with Crippen molar-refractivity contribution in [3.8, 4) is 29.1 Å². The summed E-state index contributed by atoms with van der Waals surface area (Å²) in [6.07, 6.45) is -9.46. The monoisotopic (exact) mass is 532 g/mol. The van der Waals surface area contributed by atoms with Crippen molar-refractivity contribution in [2.75, 3.05) is 13.2 Å². The highest BCUT2D eigenvalue weighted by atomic mass is 19.4. The second-order valence-electron chi connectivity index (χ2n) is 7.37. The first-order chi connectivity index (χ1) is 17.2. The molecule has 0 saturated heterocycles. The van der Waals surface area contributed by atoms with E-state index in [9.17, 15) is 31.1 Å². The van der Waals surface area contributed by atoms with Gasteiger partial charge in [-0.05, 0) is 55.3 Å². The lowest BCUT2D eigenvalue weighted by Gasteiger charge is -2.13. The zero-order valence-electron chi connectivity index (χ0n) is 19.6. The number of allylic oxidation sites excluding steroid dienone is 1. The van der Waals surface area contributed by atoms with Crippen molar-refractivity contribution >= 4 is 5.97 Å². The molecule has 12 heteroatoms. The molecule has 200 valence electrons. The molecule has 2 rings (SSSR count). The molecule has 0 aromatic heterocycles. The van der Waals surface area contributed by atoms with Crippen LogP contribution in [0.3, 0.4) is 0 Å². The number of alkyl halides is 6. The van der Waals surface area contributed by atoms with Gasteiger partial charge >= 0.3 is 18.7 Å². The molecule has 0 spiro atoms. The third-order valence-corrected chi connectivity index (χ3v) is 4.38. The quantitative estimate of drug-likeness (QED) is 0.304. The van der Waals surface area contributed by atoms with E-state index in [2.05, 4.69) is 21.3 Å². The number of hydrogen-bond acceptors (Lipinski definition) is 5. The van der Waals surface area contributed by atoms with Gasteiger partial charge in [0.2, 0.25) is 0 Å². The summed E-state index contributed by atoms with van der Waals surface area (Å²) in [5.41, 5.74) is 0.964. The Bertz CT molecular complexity index is 1110. The lowest BCUT2D eigenvalue weighted by atomic mass is 10.1. The van der Waals surface area contributed by atoms with Gasteiger partial charge in [0.15, 0.2) is 6.10 Å². The molecule has 1 atom stereocenters. The normalized spacial score (nSPS) is 12.8. The van der Waals surface area contributed by atoms with E-state index in [0.29, 0.717) is 17.4 Å². The number of ether oxygens (including phenoxy) is 4. The number of carboxylic acids is 1. The number of aliphatic carboxylic acids is 1. The van der Waals surface area contributed by atoms with Crippen molar-refractivity contribution in [1.82, 2.24) is 0 Å². The van der Waals surface area contributed by atoms with Crippen molar-refractivity contribution in [2.24, 2.45) is 0 Å². The van der Waals surface area contributed by atoms with Crippen molar-refractivity contribution in [3.05, 3.63) is 65.2 Å². The third-order valence-electron chi connectivity index (χ3n) is 4.38. The molecule has 0 heterocycles. The van der Waals surface area contributed by atoms with Gasteiger partial charge in [-0.3, -0.25) is 0 Å². The Morgan fingerprint density at radius 2 is 1.54 bits per heavy atom. The van der Waals surface area contributed by atoms with Crippen molar-refractivity contribution < 1.29 is 55.2 Å². The van der Waals surface area contributed by atoms with Gasteiger partial charge in [-0.25, -0.2) is 4.79 Å². The summed E-state index contributed by atoms with van der Waals surface area (Å²) < 4.78 is 93.1. The zero-order valence-corrected chi connectivity index (χ0v) is 19.6. The largest absolute Gasteiger partial charge is 0.573 e. The predicted octanol–water partition coefficient (Wildman–Crippen LogP) is 5.89. The Morgan fingerprint density at radius 3 is 2.03 bits per heavy atom. The minimum Gasteiger partial charge on any atom is -0.490 e. The van der Waals surface area contributed by atoms with Crippen LogP contribution in [0.2, 0.25) is 0 Å². The number of carbonyl (C=O) groups is 1. The Balaban J connectivity index is 2.05. The lowest BCUT2D eigenvalue weighted by Crippen LogP contribution is -2.26. The maximum atomic E-state index is 12.5. The zero-order chi connectivity index (χ0) is 27.6. The van der Waals surface area contributed by atoms with Gasteiger partial charge in [0, 0.05) is 24.7 Å². The van der Waals surface area contributed by atoms with Crippen LogP contribution in [0, 0.1) is 11.8 Å². The highest BCUT2D eigenvalue weighted by molar-refractivity contribution is 5.72. The molecule has 0 aliphatic rings. The number of halogens is 6. The average Bonchev–Trinajstić information content (AvgIpc) is 2.76. The lowest BCUT2D eigenvalue weighted by molar-refractivity contribution is -0.276. The summed E-state index contributed by atoms with van der Waals surface area (Å²) in [4.78, 5) is 11.2. The molecule has 0 fully saturated rings. The molecule has 37 heavy (non-hydrogen) atoms. The maximum absolute atomic E-state index is 12.5. The van der Waals surface area contributed by atoms with Gasteiger partial charge in [0.25, 0.3) is 0 Å². The van der Waals surface area contributed by atoms with E-state index >= 15 is 0 Å². The van der Waals surface area contributed by atoms with Crippen LogP contribution in [-0.2, 0) is 16.0 Å². The molecule has 1 unspecified atom stereocenters. The summed E-state index contributed by atoms with van der Waals surface area (Å²) in [6, 6.07) is 8.78. The van der Waals surface area contributed by atoms with Gasteiger partial charge in [0.05, 0.1) is 0 Å². The second-order valence-corrected chi connectivity index (χ2v) is 7.37. The Labute approximate surface area is 208 Å². The molecule has 2 aromatic carbocycles. The van der Waals surface area contributed by atoms with Crippen LogP contribution in [0.15, 0.2) is 54.1 Å². The highest BCUT2D eigenvalue weighted by Crippen LogP contribution is 2.31. The van der Waals surface area contributed by atoms with Gasteiger partial charge in [-0.15, -0.1) is 26.3 Å². The Kier molecular flexibility index (Phi) is 10.3. The van der Waals surface area contributed by atoms with Gasteiger partial charge in [-0.1, -0.05) is 24.0 Å². The Morgan fingerprint density at radius 1 is 0.973 bits per heavy atom. The topological polar surface area (TPSA) is 74.2 Å². The summed E-state index contributed by atoms with van der Waals surface area (Å²) in [5, 5.41) is 9.15. The van der Waals surface area contributed by atoms with E-state index in [1.165, 1.54) is 0 Å². The molecule has 0 saturated carbocycles.